The number of anilines is 1. The Morgan fingerprint density at radius 3 is 2.72 bits per heavy atom. The zero-order valence-electron chi connectivity index (χ0n) is 16.6. The van der Waals surface area contributed by atoms with E-state index in [1.54, 1.807) is 23.5 Å². The fourth-order valence-electron chi connectivity index (χ4n) is 3.93. The molecule has 154 valence electrons. The smallest absolute Gasteiger partial charge is 0.186 e. The van der Waals surface area contributed by atoms with Crippen LogP contribution in [0.5, 0.6) is 5.75 Å². The number of aromatic nitrogens is 1. The van der Waals surface area contributed by atoms with E-state index in [9.17, 15) is 0 Å². The van der Waals surface area contributed by atoms with E-state index < -0.39 is 0 Å². The molecular weight excluding hydrogens is 425 g/mol. The quantitative estimate of drug-likeness (QED) is 0.499. The molecule has 0 bridgehead atoms. The van der Waals surface area contributed by atoms with Gasteiger partial charge in [-0.1, -0.05) is 52.7 Å². The van der Waals surface area contributed by atoms with Crippen LogP contribution < -0.4 is 15.0 Å². The van der Waals surface area contributed by atoms with Crippen LogP contribution in [-0.4, -0.2) is 36.8 Å². The third-order valence-corrected chi connectivity index (χ3v) is 7.18. The van der Waals surface area contributed by atoms with Crippen LogP contribution in [0.2, 0.25) is 10.0 Å². The molecule has 0 saturated carbocycles. The lowest BCUT2D eigenvalue weighted by molar-refractivity contribution is 0.180. The largest absolute Gasteiger partial charge is 0.488 e. The van der Waals surface area contributed by atoms with E-state index in [1.807, 2.05) is 12.1 Å². The van der Waals surface area contributed by atoms with Crippen LogP contribution in [0.3, 0.4) is 0 Å². The Bertz CT molecular complexity index is 926. The van der Waals surface area contributed by atoms with Crippen molar-refractivity contribution in [3.8, 4) is 5.75 Å². The molecule has 1 saturated heterocycles. The first-order valence-corrected chi connectivity index (χ1v) is 11.5. The summed E-state index contributed by atoms with van der Waals surface area (Å²) in [7, 11) is 2.16. The van der Waals surface area contributed by atoms with Crippen LogP contribution >= 0.6 is 34.5 Å². The summed E-state index contributed by atoms with van der Waals surface area (Å²) in [6.45, 7) is 3.06. The van der Waals surface area contributed by atoms with Gasteiger partial charge in [-0.15, -0.1) is 0 Å². The summed E-state index contributed by atoms with van der Waals surface area (Å²) in [6, 6.07) is 14.6. The standard InChI is InChI=1S/C22H25Cl2N3OS/c1-14(28-21-17(23)6-5-7-18(21)24)12-15-13-16(10-11-25-15)27(2)22-26-19-8-3-4-9-20(19)29-22/h3-9,14-16,25H,10-13H2,1-2H3. The monoisotopic (exact) mass is 449 g/mol. The number of fused-ring (bicyclic) bond motifs is 1. The first-order valence-electron chi connectivity index (χ1n) is 9.93. The van der Waals surface area contributed by atoms with Crippen LogP contribution in [-0.2, 0) is 0 Å². The number of para-hydroxylation sites is 2. The second-order valence-electron chi connectivity index (χ2n) is 7.62. The Morgan fingerprint density at radius 1 is 1.21 bits per heavy atom. The van der Waals surface area contributed by atoms with Crippen LogP contribution in [0.25, 0.3) is 10.2 Å². The second-order valence-corrected chi connectivity index (χ2v) is 9.44. The van der Waals surface area contributed by atoms with Crippen molar-refractivity contribution < 1.29 is 4.74 Å². The van der Waals surface area contributed by atoms with E-state index in [2.05, 4.69) is 42.4 Å². The summed E-state index contributed by atoms with van der Waals surface area (Å²) >= 11 is 14.2. The number of nitrogens with one attached hydrogen (secondary N) is 1. The summed E-state index contributed by atoms with van der Waals surface area (Å²) < 4.78 is 7.31. The van der Waals surface area contributed by atoms with Gasteiger partial charge in [0.2, 0.25) is 0 Å². The van der Waals surface area contributed by atoms with Gasteiger partial charge in [-0.3, -0.25) is 0 Å². The van der Waals surface area contributed by atoms with Crippen molar-refractivity contribution in [1.29, 1.82) is 0 Å². The molecule has 4 nitrogen and oxygen atoms in total. The SMILES string of the molecule is CC(CC1CC(N(C)c2nc3ccccc3s2)CCN1)Oc1c(Cl)cccc1Cl. The predicted molar refractivity (Wildman–Crippen MR) is 124 cm³/mol. The van der Waals surface area contributed by atoms with E-state index in [0.29, 0.717) is 27.9 Å². The number of hydrogen-bond donors (Lipinski definition) is 1. The molecule has 3 aromatic rings. The van der Waals surface area contributed by atoms with E-state index in [1.165, 1.54) is 4.70 Å². The van der Waals surface area contributed by atoms with Crippen LogP contribution in [0.4, 0.5) is 5.13 Å². The van der Waals surface area contributed by atoms with Crippen LogP contribution in [0.15, 0.2) is 42.5 Å². The lowest BCUT2D eigenvalue weighted by Crippen LogP contribution is -2.48. The molecule has 4 rings (SSSR count). The molecule has 0 spiro atoms. The van der Waals surface area contributed by atoms with Gasteiger partial charge in [0.05, 0.1) is 26.4 Å². The molecule has 2 aromatic carbocycles. The normalized spacial score (nSPS) is 20.6. The van der Waals surface area contributed by atoms with Gasteiger partial charge in [0.1, 0.15) is 0 Å². The highest BCUT2D eigenvalue weighted by Crippen LogP contribution is 2.34. The number of hydrogen-bond acceptors (Lipinski definition) is 5. The molecule has 0 radical (unpaired) electrons. The third kappa shape index (κ3) is 4.80. The number of benzene rings is 2. The van der Waals surface area contributed by atoms with Crippen molar-refractivity contribution in [3.63, 3.8) is 0 Å². The fraction of sp³-hybridized carbons (Fsp3) is 0.409. The Hall–Kier alpha value is -1.53. The molecule has 1 fully saturated rings. The number of piperidine rings is 1. The van der Waals surface area contributed by atoms with E-state index in [4.69, 9.17) is 32.9 Å². The topological polar surface area (TPSA) is 37.4 Å². The first kappa shape index (κ1) is 20.7. The Morgan fingerprint density at radius 2 is 1.97 bits per heavy atom. The Kier molecular flexibility index (Phi) is 6.50. The van der Waals surface area contributed by atoms with Crippen molar-refractivity contribution in [2.75, 3.05) is 18.5 Å². The van der Waals surface area contributed by atoms with Gasteiger partial charge in [0.25, 0.3) is 0 Å². The van der Waals surface area contributed by atoms with E-state index >= 15 is 0 Å². The minimum absolute atomic E-state index is 0.0106. The maximum absolute atomic E-state index is 6.24. The molecule has 1 aliphatic heterocycles. The highest BCUT2D eigenvalue weighted by Gasteiger charge is 2.28. The van der Waals surface area contributed by atoms with Crippen LogP contribution in [0.1, 0.15) is 26.2 Å². The molecule has 7 heteroatoms. The van der Waals surface area contributed by atoms with Gasteiger partial charge in [0.15, 0.2) is 10.9 Å². The van der Waals surface area contributed by atoms with Gasteiger partial charge >= 0.3 is 0 Å². The number of halogens is 2. The molecule has 2 heterocycles. The first-order chi connectivity index (χ1) is 14.0. The molecule has 3 unspecified atom stereocenters. The number of ether oxygens (including phenoxy) is 1. The molecule has 0 aliphatic carbocycles. The maximum atomic E-state index is 6.24. The summed E-state index contributed by atoms with van der Waals surface area (Å²) in [4.78, 5) is 7.16. The van der Waals surface area contributed by atoms with Gasteiger partial charge in [-0.2, -0.15) is 0 Å². The lowest BCUT2D eigenvalue weighted by Gasteiger charge is -2.37. The van der Waals surface area contributed by atoms with Crippen molar-refractivity contribution in [1.82, 2.24) is 10.3 Å². The van der Waals surface area contributed by atoms with Crippen molar-refractivity contribution in [2.24, 2.45) is 0 Å². The minimum atomic E-state index is 0.0106. The predicted octanol–water partition coefficient (Wildman–Crippen LogP) is 6.02. The van der Waals surface area contributed by atoms with E-state index in [-0.39, 0.29) is 6.10 Å². The Labute approximate surface area is 185 Å². The van der Waals surface area contributed by atoms with E-state index in [0.717, 1.165) is 36.5 Å². The fourth-order valence-corrected chi connectivity index (χ4v) is 5.41. The van der Waals surface area contributed by atoms with Crippen molar-refractivity contribution in [2.45, 2.75) is 44.4 Å². The molecular formula is C22H25Cl2N3OS. The lowest BCUT2D eigenvalue weighted by atomic mass is 9.94. The van der Waals surface area contributed by atoms with Gasteiger partial charge in [0, 0.05) is 19.1 Å². The number of nitrogens with zero attached hydrogens (tertiary/aromatic N) is 2. The van der Waals surface area contributed by atoms with Crippen molar-refractivity contribution in [3.05, 3.63) is 52.5 Å². The zero-order valence-corrected chi connectivity index (χ0v) is 18.9. The van der Waals surface area contributed by atoms with Gasteiger partial charge in [-0.25, -0.2) is 4.98 Å². The van der Waals surface area contributed by atoms with Gasteiger partial charge in [-0.05, 0) is 57.0 Å². The number of rotatable bonds is 6. The Balaban J connectivity index is 1.38. The van der Waals surface area contributed by atoms with Gasteiger partial charge < -0.3 is 15.0 Å². The average molecular weight is 450 g/mol. The zero-order chi connectivity index (χ0) is 20.4. The molecule has 1 aliphatic rings. The molecule has 1 aromatic heterocycles. The summed E-state index contributed by atoms with van der Waals surface area (Å²) in [5.41, 5.74) is 1.07. The summed E-state index contributed by atoms with van der Waals surface area (Å²) in [5.74, 6) is 0.572. The average Bonchev–Trinajstić information content (AvgIpc) is 3.15. The summed E-state index contributed by atoms with van der Waals surface area (Å²) in [6.07, 6.45) is 3.06. The molecule has 3 atom stereocenters. The molecule has 0 amide bonds. The summed E-state index contributed by atoms with van der Waals surface area (Å²) in [5, 5.41) is 5.83. The number of thiazole rings is 1. The van der Waals surface area contributed by atoms with Crippen molar-refractivity contribution >= 4 is 49.9 Å². The minimum Gasteiger partial charge on any atom is -0.488 e. The highest BCUT2D eigenvalue weighted by molar-refractivity contribution is 7.22. The second kappa shape index (κ2) is 9.09. The molecule has 1 N–H and O–H groups in total. The maximum Gasteiger partial charge on any atom is 0.186 e. The highest BCUT2D eigenvalue weighted by atomic mass is 35.5. The third-order valence-electron chi connectivity index (χ3n) is 5.45. The molecule has 29 heavy (non-hydrogen) atoms. The van der Waals surface area contributed by atoms with Crippen LogP contribution in [0, 0.1) is 0 Å².